The van der Waals surface area contributed by atoms with Crippen LogP contribution in [0.5, 0.6) is 0 Å². The average Bonchev–Trinajstić information content (AvgIpc) is 3.18. The topological polar surface area (TPSA) is 59.4 Å². The van der Waals surface area contributed by atoms with Crippen LogP contribution in [0.2, 0.25) is 0 Å². The number of nitrogens with zero attached hydrogens (tertiary/aromatic N) is 4. The third-order valence-corrected chi connectivity index (χ3v) is 4.94. The lowest BCUT2D eigenvalue weighted by Gasteiger charge is -2.03. The summed E-state index contributed by atoms with van der Waals surface area (Å²) in [5, 5.41) is 9.55. The highest BCUT2D eigenvalue weighted by Crippen LogP contribution is 2.22. The minimum Gasteiger partial charge on any atom is -0.341 e. The summed E-state index contributed by atoms with van der Waals surface area (Å²) in [7, 11) is 2.01. The van der Waals surface area contributed by atoms with Gasteiger partial charge in [-0.05, 0) is 17.7 Å². The second-order valence-corrected chi connectivity index (χ2v) is 6.55. The SMILES string of the molecule is Cn1c(Cc2ccccc2)nnc1SCc1nc2ccccc2[nH]1. The molecule has 0 aliphatic heterocycles. The van der Waals surface area contributed by atoms with E-state index >= 15 is 0 Å². The van der Waals surface area contributed by atoms with Crippen LogP contribution in [-0.4, -0.2) is 24.7 Å². The number of hydrogen-bond acceptors (Lipinski definition) is 4. The van der Waals surface area contributed by atoms with Crippen LogP contribution < -0.4 is 0 Å². The van der Waals surface area contributed by atoms with Gasteiger partial charge in [-0.15, -0.1) is 10.2 Å². The minimum atomic E-state index is 0.742. The number of aromatic nitrogens is 5. The number of thioether (sulfide) groups is 1. The number of para-hydroxylation sites is 2. The van der Waals surface area contributed by atoms with Gasteiger partial charge in [-0.3, -0.25) is 0 Å². The van der Waals surface area contributed by atoms with Crippen LogP contribution in [0.1, 0.15) is 17.2 Å². The highest BCUT2D eigenvalue weighted by Gasteiger charge is 2.11. The summed E-state index contributed by atoms with van der Waals surface area (Å²) in [5.74, 6) is 2.66. The molecule has 0 spiro atoms. The van der Waals surface area contributed by atoms with Crippen molar-refractivity contribution in [2.75, 3.05) is 0 Å². The molecule has 0 aliphatic rings. The molecule has 2 aromatic heterocycles. The van der Waals surface area contributed by atoms with Crippen LogP contribution in [0.25, 0.3) is 11.0 Å². The molecule has 0 bridgehead atoms. The normalized spacial score (nSPS) is 11.2. The first-order valence-electron chi connectivity index (χ1n) is 7.78. The third-order valence-electron chi connectivity index (χ3n) is 3.91. The first kappa shape index (κ1) is 15.0. The fourth-order valence-electron chi connectivity index (χ4n) is 2.61. The molecule has 0 unspecified atom stereocenters. The molecule has 0 atom stereocenters. The molecule has 0 radical (unpaired) electrons. The lowest BCUT2D eigenvalue weighted by atomic mass is 10.1. The van der Waals surface area contributed by atoms with E-state index in [9.17, 15) is 0 Å². The number of hydrogen-bond donors (Lipinski definition) is 1. The predicted octanol–water partition coefficient (Wildman–Crippen LogP) is 3.57. The summed E-state index contributed by atoms with van der Waals surface area (Å²) in [5.41, 5.74) is 3.30. The van der Waals surface area contributed by atoms with Gasteiger partial charge in [0.1, 0.15) is 11.6 Å². The summed E-state index contributed by atoms with van der Waals surface area (Å²) in [6.07, 6.45) is 0.787. The monoisotopic (exact) mass is 335 g/mol. The maximum absolute atomic E-state index is 4.60. The van der Waals surface area contributed by atoms with E-state index in [-0.39, 0.29) is 0 Å². The number of aromatic amines is 1. The lowest BCUT2D eigenvalue weighted by Crippen LogP contribution is -2.00. The van der Waals surface area contributed by atoms with E-state index in [1.807, 2.05) is 49.5 Å². The van der Waals surface area contributed by atoms with Crippen molar-refractivity contribution >= 4 is 22.8 Å². The molecule has 120 valence electrons. The van der Waals surface area contributed by atoms with Crippen molar-refractivity contribution in [2.24, 2.45) is 7.05 Å². The van der Waals surface area contributed by atoms with E-state index in [2.05, 4.69) is 36.9 Å². The van der Waals surface area contributed by atoms with Crippen molar-refractivity contribution in [3.05, 3.63) is 71.8 Å². The lowest BCUT2D eigenvalue weighted by molar-refractivity contribution is 0.748. The quantitative estimate of drug-likeness (QED) is 0.566. The maximum atomic E-state index is 4.60. The second-order valence-electron chi connectivity index (χ2n) is 5.61. The van der Waals surface area contributed by atoms with Gasteiger partial charge in [0, 0.05) is 13.5 Å². The Balaban J connectivity index is 1.47. The fraction of sp³-hybridized carbons (Fsp3) is 0.167. The first-order valence-corrected chi connectivity index (χ1v) is 8.77. The smallest absolute Gasteiger partial charge is 0.191 e. The molecule has 5 nitrogen and oxygen atoms in total. The van der Waals surface area contributed by atoms with Gasteiger partial charge < -0.3 is 9.55 Å². The molecule has 24 heavy (non-hydrogen) atoms. The Morgan fingerprint density at radius 2 is 1.79 bits per heavy atom. The predicted molar refractivity (Wildman–Crippen MR) is 95.9 cm³/mol. The average molecular weight is 335 g/mol. The van der Waals surface area contributed by atoms with Gasteiger partial charge in [0.05, 0.1) is 16.8 Å². The zero-order chi connectivity index (χ0) is 16.4. The van der Waals surface area contributed by atoms with E-state index in [0.717, 1.165) is 40.0 Å². The maximum Gasteiger partial charge on any atom is 0.191 e. The van der Waals surface area contributed by atoms with Crippen molar-refractivity contribution in [1.82, 2.24) is 24.7 Å². The molecule has 0 saturated heterocycles. The van der Waals surface area contributed by atoms with Crippen LogP contribution in [0.4, 0.5) is 0 Å². The van der Waals surface area contributed by atoms with Crippen LogP contribution in [0, 0.1) is 0 Å². The number of rotatable bonds is 5. The molecular formula is C18H17N5S. The highest BCUT2D eigenvalue weighted by molar-refractivity contribution is 7.98. The standard InChI is InChI=1S/C18H17N5S/c1-23-17(11-13-7-3-2-4-8-13)21-22-18(23)24-12-16-19-14-9-5-6-10-15(14)20-16/h2-10H,11-12H2,1H3,(H,19,20). The highest BCUT2D eigenvalue weighted by atomic mass is 32.2. The fourth-order valence-corrected chi connectivity index (χ4v) is 3.41. The zero-order valence-corrected chi connectivity index (χ0v) is 14.1. The zero-order valence-electron chi connectivity index (χ0n) is 13.3. The summed E-state index contributed by atoms with van der Waals surface area (Å²) in [4.78, 5) is 7.94. The molecule has 1 N–H and O–H groups in total. The molecule has 2 heterocycles. The summed E-state index contributed by atoms with van der Waals surface area (Å²) in [6, 6.07) is 18.4. The molecule has 4 aromatic rings. The number of H-pyrrole nitrogens is 1. The van der Waals surface area contributed by atoms with Crippen molar-refractivity contribution in [3.63, 3.8) is 0 Å². The van der Waals surface area contributed by atoms with Gasteiger partial charge >= 0.3 is 0 Å². The molecule has 2 aromatic carbocycles. The Morgan fingerprint density at radius 1 is 1.00 bits per heavy atom. The van der Waals surface area contributed by atoms with Gasteiger partial charge in [-0.25, -0.2) is 4.98 Å². The van der Waals surface area contributed by atoms with Gasteiger partial charge in [0.15, 0.2) is 5.16 Å². The third kappa shape index (κ3) is 3.05. The Hall–Kier alpha value is -2.60. The van der Waals surface area contributed by atoms with E-state index in [0.29, 0.717) is 0 Å². The number of benzene rings is 2. The minimum absolute atomic E-state index is 0.742. The molecule has 0 fully saturated rings. The van der Waals surface area contributed by atoms with Crippen LogP contribution in [0.3, 0.4) is 0 Å². The molecule has 0 aliphatic carbocycles. The molecule has 0 saturated carbocycles. The summed E-state index contributed by atoms with van der Waals surface area (Å²) in [6.45, 7) is 0. The Kier molecular flexibility index (Phi) is 4.04. The van der Waals surface area contributed by atoms with Crippen molar-refractivity contribution in [1.29, 1.82) is 0 Å². The van der Waals surface area contributed by atoms with E-state index in [1.165, 1.54) is 5.56 Å². The number of imidazole rings is 1. The Bertz CT molecular complexity index is 925. The van der Waals surface area contributed by atoms with E-state index in [1.54, 1.807) is 11.8 Å². The number of fused-ring (bicyclic) bond motifs is 1. The largest absolute Gasteiger partial charge is 0.341 e. The van der Waals surface area contributed by atoms with Crippen LogP contribution in [-0.2, 0) is 19.2 Å². The van der Waals surface area contributed by atoms with Crippen LogP contribution >= 0.6 is 11.8 Å². The molecule has 6 heteroatoms. The van der Waals surface area contributed by atoms with Gasteiger partial charge in [-0.2, -0.15) is 0 Å². The Morgan fingerprint density at radius 3 is 2.62 bits per heavy atom. The first-order chi connectivity index (χ1) is 11.8. The molecular weight excluding hydrogens is 318 g/mol. The summed E-state index contributed by atoms with van der Waals surface area (Å²) < 4.78 is 2.06. The van der Waals surface area contributed by atoms with Crippen molar-refractivity contribution in [3.8, 4) is 0 Å². The number of nitrogens with one attached hydrogen (secondary N) is 1. The van der Waals surface area contributed by atoms with E-state index < -0.39 is 0 Å². The molecule has 4 rings (SSSR count). The summed E-state index contributed by atoms with van der Waals surface area (Å²) >= 11 is 1.64. The second kappa shape index (κ2) is 6.49. The molecule has 0 amide bonds. The Labute approximate surface area is 144 Å². The van der Waals surface area contributed by atoms with E-state index in [4.69, 9.17) is 0 Å². The van der Waals surface area contributed by atoms with Gasteiger partial charge in [0.25, 0.3) is 0 Å². The van der Waals surface area contributed by atoms with Crippen LogP contribution in [0.15, 0.2) is 59.8 Å². The van der Waals surface area contributed by atoms with Crippen molar-refractivity contribution in [2.45, 2.75) is 17.3 Å². The van der Waals surface area contributed by atoms with Gasteiger partial charge in [0.2, 0.25) is 0 Å². The van der Waals surface area contributed by atoms with Gasteiger partial charge in [-0.1, -0.05) is 54.2 Å². The van der Waals surface area contributed by atoms with Crippen molar-refractivity contribution < 1.29 is 0 Å².